The molecule has 1 nitrogen and oxygen atoms in total. The summed E-state index contributed by atoms with van der Waals surface area (Å²) < 4.78 is 0. The molecule has 0 aliphatic rings. The van der Waals surface area contributed by atoms with E-state index in [1.165, 1.54) is 11.1 Å². The fourth-order valence-electron chi connectivity index (χ4n) is 2.11. The highest BCUT2D eigenvalue weighted by Crippen LogP contribution is 2.32. The molecule has 0 saturated carbocycles. The van der Waals surface area contributed by atoms with Crippen LogP contribution in [0.2, 0.25) is 0 Å². The lowest BCUT2D eigenvalue weighted by Gasteiger charge is -2.28. The molecular formula is C14H23N. The SMILES string of the molecule is CC(C)c1ccccc1C(C)(C)CCN. The van der Waals surface area contributed by atoms with Gasteiger partial charge in [-0.1, -0.05) is 52.0 Å². The molecular weight excluding hydrogens is 182 g/mol. The largest absolute Gasteiger partial charge is 0.330 e. The lowest BCUT2D eigenvalue weighted by Crippen LogP contribution is -2.23. The molecule has 1 rings (SSSR count). The van der Waals surface area contributed by atoms with Crippen LogP contribution >= 0.6 is 0 Å². The molecule has 15 heavy (non-hydrogen) atoms. The Morgan fingerprint density at radius 1 is 1.20 bits per heavy atom. The van der Waals surface area contributed by atoms with Crippen LogP contribution in [0.25, 0.3) is 0 Å². The van der Waals surface area contributed by atoms with E-state index in [4.69, 9.17) is 5.73 Å². The van der Waals surface area contributed by atoms with Crippen LogP contribution in [0.1, 0.15) is 51.2 Å². The zero-order valence-corrected chi connectivity index (χ0v) is 10.4. The van der Waals surface area contributed by atoms with Crippen molar-refractivity contribution >= 4 is 0 Å². The molecule has 0 saturated heterocycles. The number of rotatable bonds is 4. The van der Waals surface area contributed by atoms with Crippen molar-refractivity contribution in [3.05, 3.63) is 35.4 Å². The van der Waals surface area contributed by atoms with Crippen LogP contribution in [0.3, 0.4) is 0 Å². The summed E-state index contributed by atoms with van der Waals surface area (Å²) >= 11 is 0. The molecule has 0 atom stereocenters. The summed E-state index contributed by atoms with van der Waals surface area (Å²) in [5, 5.41) is 0. The van der Waals surface area contributed by atoms with Crippen molar-refractivity contribution in [2.75, 3.05) is 6.54 Å². The van der Waals surface area contributed by atoms with Crippen LogP contribution in [-0.4, -0.2) is 6.54 Å². The van der Waals surface area contributed by atoms with E-state index in [-0.39, 0.29) is 5.41 Å². The van der Waals surface area contributed by atoms with Gasteiger partial charge in [-0.25, -0.2) is 0 Å². The van der Waals surface area contributed by atoms with Gasteiger partial charge < -0.3 is 5.73 Å². The predicted molar refractivity (Wildman–Crippen MR) is 67.2 cm³/mol. The van der Waals surface area contributed by atoms with Gasteiger partial charge in [0.2, 0.25) is 0 Å². The van der Waals surface area contributed by atoms with Gasteiger partial charge in [-0.15, -0.1) is 0 Å². The zero-order valence-electron chi connectivity index (χ0n) is 10.4. The van der Waals surface area contributed by atoms with E-state index in [9.17, 15) is 0 Å². The highest BCUT2D eigenvalue weighted by atomic mass is 14.5. The first-order valence-electron chi connectivity index (χ1n) is 5.78. The van der Waals surface area contributed by atoms with Crippen LogP contribution < -0.4 is 5.73 Å². The lowest BCUT2D eigenvalue weighted by atomic mass is 9.77. The smallest absolute Gasteiger partial charge is 0.00690 e. The van der Waals surface area contributed by atoms with Crippen molar-refractivity contribution in [1.29, 1.82) is 0 Å². The Bertz CT molecular complexity index is 313. The first-order valence-corrected chi connectivity index (χ1v) is 5.78. The summed E-state index contributed by atoms with van der Waals surface area (Å²) in [5.74, 6) is 0.582. The van der Waals surface area contributed by atoms with Gasteiger partial charge in [0.05, 0.1) is 0 Å². The Labute approximate surface area is 93.7 Å². The molecule has 0 radical (unpaired) electrons. The van der Waals surface area contributed by atoms with E-state index in [0.717, 1.165) is 13.0 Å². The average Bonchev–Trinajstić information content (AvgIpc) is 2.17. The summed E-state index contributed by atoms with van der Waals surface area (Å²) in [7, 11) is 0. The van der Waals surface area contributed by atoms with E-state index in [2.05, 4.69) is 52.0 Å². The summed E-state index contributed by atoms with van der Waals surface area (Å²) in [6, 6.07) is 8.72. The normalized spacial score (nSPS) is 12.1. The molecule has 2 N–H and O–H groups in total. The van der Waals surface area contributed by atoms with Gasteiger partial charge in [0.1, 0.15) is 0 Å². The van der Waals surface area contributed by atoms with Crippen LogP contribution in [0, 0.1) is 0 Å². The summed E-state index contributed by atoms with van der Waals surface area (Å²) in [5.41, 5.74) is 8.77. The molecule has 0 aromatic heterocycles. The summed E-state index contributed by atoms with van der Waals surface area (Å²) in [6.07, 6.45) is 1.04. The van der Waals surface area contributed by atoms with Crippen LogP contribution in [0.4, 0.5) is 0 Å². The van der Waals surface area contributed by atoms with Crippen LogP contribution in [0.15, 0.2) is 24.3 Å². The highest BCUT2D eigenvalue weighted by Gasteiger charge is 2.23. The quantitative estimate of drug-likeness (QED) is 0.800. The maximum Gasteiger partial charge on any atom is -0.00690 e. The second-order valence-corrected chi connectivity index (χ2v) is 5.16. The fraction of sp³-hybridized carbons (Fsp3) is 0.571. The minimum absolute atomic E-state index is 0.190. The maximum absolute atomic E-state index is 5.68. The van der Waals surface area contributed by atoms with Gasteiger partial charge in [-0.3, -0.25) is 0 Å². The standard InChI is InChI=1S/C14H23N/c1-11(2)12-7-5-6-8-13(12)14(3,4)9-10-15/h5-8,11H,9-10,15H2,1-4H3. The van der Waals surface area contributed by atoms with Crippen LogP contribution in [-0.2, 0) is 5.41 Å². The van der Waals surface area contributed by atoms with E-state index >= 15 is 0 Å². The van der Waals surface area contributed by atoms with Crippen molar-refractivity contribution in [3.63, 3.8) is 0 Å². The molecule has 0 aliphatic heterocycles. The second-order valence-electron chi connectivity index (χ2n) is 5.16. The van der Waals surface area contributed by atoms with Crippen molar-refractivity contribution < 1.29 is 0 Å². The Balaban J connectivity index is 3.12. The number of hydrogen-bond acceptors (Lipinski definition) is 1. The van der Waals surface area contributed by atoms with E-state index in [1.807, 2.05) is 0 Å². The first kappa shape index (κ1) is 12.3. The maximum atomic E-state index is 5.68. The van der Waals surface area contributed by atoms with Gasteiger partial charge in [0.15, 0.2) is 0 Å². The Morgan fingerprint density at radius 2 is 1.80 bits per heavy atom. The molecule has 0 heterocycles. The molecule has 1 aromatic carbocycles. The molecule has 0 aliphatic carbocycles. The summed E-state index contributed by atoms with van der Waals surface area (Å²) in [6.45, 7) is 9.80. The van der Waals surface area contributed by atoms with Gasteiger partial charge in [-0.2, -0.15) is 0 Å². The number of nitrogens with two attached hydrogens (primary N) is 1. The van der Waals surface area contributed by atoms with Crippen molar-refractivity contribution in [2.45, 2.75) is 45.4 Å². The molecule has 0 bridgehead atoms. The topological polar surface area (TPSA) is 26.0 Å². The second kappa shape index (κ2) is 4.80. The van der Waals surface area contributed by atoms with Gasteiger partial charge in [-0.05, 0) is 35.4 Å². The molecule has 1 heteroatoms. The first-order chi connectivity index (χ1) is 6.99. The minimum Gasteiger partial charge on any atom is -0.330 e. The van der Waals surface area contributed by atoms with Crippen LogP contribution in [0.5, 0.6) is 0 Å². The summed E-state index contributed by atoms with van der Waals surface area (Å²) in [4.78, 5) is 0. The Morgan fingerprint density at radius 3 is 2.33 bits per heavy atom. The Hall–Kier alpha value is -0.820. The lowest BCUT2D eigenvalue weighted by molar-refractivity contribution is 0.481. The molecule has 0 fully saturated rings. The van der Waals surface area contributed by atoms with E-state index in [0.29, 0.717) is 5.92 Å². The van der Waals surface area contributed by atoms with E-state index in [1.54, 1.807) is 0 Å². The Kier molecular flexibility index (Phi) is 3.92. The van der Waals surface area contributed by atoms with E-state index < -0.39 is 0 Å². The van der Waals surface area contributed by atoms with Crippen molar-refractivity contribution in [3.8, 4) is 0 Å². The van der Waals surface area contributed by atoms with Crippen molar-refractivity contribution in [2.24, 2.45) is 5.73 Å². The third kappa shape index (κ3) is 2.82. The van der Waals surface area contributed by atoms with Crippen molar-refractivity contribution in [1.82, 2.24) is 0 Å². The number of hydrogen-bond donors (Lipinski definition) is 1. The molecule has 0 unspecified atom stereocenters. The highest BCUT2D eigenvalue weighted by molar-refractivity contribution is 5.35. The minimum atomic E-state index is 0.190. The third-order valence-corrected chi connectivity index (χ3v) is 3.08. The van der Waals surface area contributed by atoms with Gasteiger partial charge in [0, 0.05) is 0 Å². The van der Waals surface area contributed by atoms with Gasteiger partial charge >= 0.3 is 0 Å². The number of benzene rings is 1. The fourth-order valence-corrected chi connectivity index (χ4v) is 2.11. The molecule has 0 amide bonds. The molecule has 0 spiro atoms. The van der Waals surface area contributed by atoms with Gasteiger partial charge in [0.25, 0.3) is 0 Å². The predicted octanol–water partition coefficient (Wildman–Crippen LogP) is 3.44. The zero-order chi connectivity index (χ0) is 11.5. The third-order valence-electron chi connectivity index (χ3n) is 3.08. The average molecular weight is 205 g/mol. The molecule has 84 valence electrons. The monoisotopic (exact) mass is 205 g/mol. The molecule has 1 aromatic rings.